The van der Waals surface area contributed by atoms with Gasteiger partial charge < -0.3 is 24.2 Å². The maximum Gasteiger partial charge on any atom is 0.246 e. The summed E-state index contributed by atoms with van der Waals surface area (Å²) >= 11 is 0. The van der Waals surface area contributed by atoms with Gasteiger partial charge in [0.15, 0.2) is 12.1 Å². The molecular weight excluding hydrogens is 654 g/mol. The molecule has 52 heavy (non-hydrogen) atoms. The molecule has 6 aliphatic rings. The van der Waals surface area contributed by atoms with E-state index in [0.29, 0.717) is 56.9 Å². The molecule has 7 atom stereocenters. The van der Waals surface area contributed by atoms with E-state index in [-0.39, 0.29) is 24.3 Å². The highest BCUT2D eigenvalue weighted by Crippen LogP contribution is 2.53. The van der Waals surface area contributed by atoms with E-state index in [9.17, 15) is 10.1 Å². The van der Waals surface area contributed by atoms with E-state index in [4.69, 9.17) is 9.47 Å². The third-order valence-electron chi connectivity index (χ3n) is 13.8. The second-order valence-corrected chi connectivity index (χ2v) is 16.6. The van der Waals surface area contributed by atoms with Gasteiger partial charge in [-0.15, -0.1) is 0 Å². The molecule has 1 amide bonds. The number of para-hydroxylation sites is 1. The predicted molar refractivity (Wildman–Crippen MR) is 202 cm³/mol. The minimum absolute atomic E-state index is 0.00506. The quantitative estimate of drug-likeness (QED) is 0.379. The van der Waals surface area contributed by atoms with Gasteiger partial charge in [0.05, 0.1) is 55.1 Å². The van der Waals surface area contributed by atoms with Crippen LogP contribution in [0.4, 0.5) is 5.69 Å². The van der Waals surface area contributed by atoms with E-state index < -0.39 is 23.5 Å². The van der Waals surface area contributed by atoms with Crippen LogP contribution >= 0.6 is 0 Å². The normalized spacial score (nSPS) is 35.0. The number of fused-ring (bicyclic) bond motifs is 2. The molecule has 1 aromatic carbocycles. The fourth-order valence-corrected chi connectivity index (χ4v) is 11.3. The van der Waals surface area contributed by atoms with E-state index >= 15 is 4.79 Å². The number of likely N-dealkylation sites (N-methyl/N-ethyl adjacent to an activating group) is 1. The Balaban J connectivity index is 1.28. The van der Waals surface area contributed by atoms with Gasteiger partial charge in [0, 0.05) is 45.2 Å². The van der Waals surface area contributed by atoms with Crippen molar-refractivity contribution in [3.05, 3.63) is 36.4 Å². The van der Waals surface area contributed by atoms with Crippen LogP contribution in [0, 0.1) is 28.6 Å². The molecule has 6 unspecified atom stereocenters. The Morgan fingerprint density at radius 2 is 1.85 bits per heavy atom. The molecule has 11 heteroatoms. The van der Waals surface area contributed by atoms with Crippen molar-refractivity contribution in [1.82, 2.24) is 25.3 Å². The highest BCUT2D eigenvalue weighted by molar-refractivity contribution is 5.93. The first kappa shape index (κ1) is 37.3. The zero-order valence-corrected chi connectivity index (χ0v) is 31.8. The van der Waals surface area contributed by atoms with Crippen molar-refractivity contribution in [2.24, 2.45) is 17.3 Å². The Kier molecular flexibility index (Phi) is 11.3. The number of rotatable bonds is 8. The number of hydrogen-bond donors (Lipinski definition) is 2. The number of methoxy groups -OCH3 is 1. The monoisotopic (exact) mass is 715 g/mol. The van der Waals surface area contributed by atoms with Crippen molar-refractivity contribution >= 4 is 17.4 Å². The summed E-state index contributed by atoms with van der Waals surface area (Å²) in [4.78, 5) is 37.6. The standard InChI is InChI=1S/C41H61N7O4/c1-5-35(49)48-24-23-47(26-31(48)19-21-42)41(30-14-9-7-6-8-10-15-30)33-18-20-40(25-29-13-11-17-34(51-4)37(29)46(3)28-40)38(50)36(33)43-39(44-41)52-27-32-16-12-22-45(32)2/h5,11,13,17,30-33,36,39,43-44H,1,6-10,12,14-16,18-20,22-28H2,2-4H3/t31?,32?,33?,36?,39?,40-,41?/m0/s1. The van der Waals surface area contributed by atoms with Crippen molar-refractivity contribution in [2.75, 3.05) is 65.4 Å². The zero-order valence-electron chi connectivity index (χ0n) is 31.8. The molecule has 2 saturated carbocycles. The van der Waals surface area contributed by atoms with Crippen LogP contribution in [0.25, 0.3) is 0 Å². The highest BCUT2D eigenvalue weighted by atomic mass is 16.5. The van der Waals surface area contributed by atoms with Crippen LogP contribution in [0.2, 0.25) is 0 Å². The molecule has 2 N–H and O–H groups in total. The number of piperazine rings is 1. The largest absolute Gasteiger partial charge is 0.495 e. The molecule has 3 saturated heterocycles. The van der Waals surface area contributed by atoms with Crippen molar-refractivity contribution in [3.63, 3.8) is 0 Å². The molecule has 4 aliphatic heterocycles. The second kappa shape index (κ2) is 15.8. The van der Waals surface area contributed by atoms with Gasteiger partial charge >= 0.3 is 0 Å². The van der Waals surface area contributed by atoms with Gasteiger partial charge in [-0.05, 0) is 82.2 Å². The molecule has 7 rings (SSSR count). The molecule has 4 heterocycles. The molecule has 0 aromatic heterocycles. The average molecular weight is 716 g/mol. The number of carbonyl (C=O) groups excluding carboxylic acids is 2. The Morgan fingerprint density at radius 3 is 2.56 bits per heavy atom. The van der Waals surface area contributed by atoms with E-state index in [1.807, 2.05) is 17.0 Å². The minimum Gasteiger partial charge on any atom is -0.495 e. The number of nitrogens with zero attached hydrogens (tertiary/aromatic N) is 5. The van der Waals surface area contributed by atoms with Crippen LogP contribution in [-0.4, -0.2) is 117 Å². The summed E-state index contributed by atoms with van der Waals surface area (Å²) in [5.41, 5.74) is 1.20. The summed E-state index contributed by atoms with van der Waals surface area (Å²) in [5.74, 6) is 1.33. The lowest BCUT2D eigenvalue weighted by atomic mass is 9.57. The number of hydrogen-bond acceptors (Lipinski definition) is 10. The fourth-order valence-electron chi connectivity index (χ4n) is 11.3. The number of benzene rings is 1. The molecule has 2 aliphatic carbocycles. The number of amides is 1. The van der Waals surface area contributed by atoms with Crippen molar-refractivity contribution < 1.29 is 19.1 Å². The summed E-state index contributed by atoms with van der Waals surface area (Å²) in [5, 5.41) is 17.9. The maximum atomic E-state index is 15.5. The Labute approximate surface area is 311 Å². The molecule has 0 bridgehead atoms. The molecule has 0 radical (unpaired) electrons. The van der Waals surface area contributed by atoms with E-state index in [1.54, 1.807) is 7.11 Å². The fraction of sp³-hybridized carbons (Fsp3) is 0.732. The Morgan fingerprint density at radius 1 is 1.06 bits per heavy atom. The van der Waals surface area contributed by atoms with Crippen molar-refractivity contribution in [1.29, 1.82) is 5.26 Å². The molecule has 11 nitrogen and oxygen atoms in total. The molecule has 5 fully saturated rings. The number of ketones is 1. The summed E-state index contributed by atoms with van der Waals surface area (Å²) in [6, 6.07) is 8.30. The maximum absolute atomic E-state index is 15.5. The summed E-state index contributed by atoms with van der Waals surface area (Å²) in [7, 11) is 5.99. The van der Waals surface area contributed by atoms with E-state index in [1.165, 1.54) is 37.3 Å². The smallest absolute Gasteiger partial charge is 0.246 e. The number of carbonyl (C=O) groups is 2. The van der Waals surface area contributed by atoms with Crippen LogP contribution in [0.5, 0.6) is 5.75 Å². The summed E-state index contributed by atoms with van der Waals surface area (Å²) < 4.78 is 12.6. The average Bonchev–Trinajstić information content (AvgIpc) is 3.55. The van der Waals surface area contributed by atoms with Crippen molar-refractivity contribution in [2.45, 2.75) is 114 Å². The van der Waals surface area contributed by atoms with Gasteiger partial charge in [0.1, 0.15) is 5.75 Å². The Hall–Kier alpha value is -3.01. The first-order valence-corrected chi connectivity index (χ1v) is 20.1. The van der Waals surface area contributed by atoms with Gasteiger partial charge in [0.25, 0.3) is 0 Å². The van der Waals surface area contributed by atoms with Gasteiger partial charge in [0.2, 0.25) is 5.91 Å². The van der Waals surface area contributed by atoms with Crippen LogP contribution in [-0.2, 0) is 20.7 Å². The number of anilines is 1. The lowest BCUT2D eigenvalue weighted by Crippen LogP contribution is -2.83. The number of likely N-dealkylation sites (tertiary alicyclic amines) is 1. The highest BCUT2D eigenvalue weighted by Gasteiger charge is 2.63. The SMILES string of the molecule is C=CC(=O)N1CCN(C2(C3CCCCCCC3)NC(OCC3CCCN3C)NC3C(=O)[C@@]4(CCC32)Cc2cccc(OC)c2N(C)C4)CC1CC#N. The predicted octanol–water partition coefficient (Wildman–Crippen LogP) is 4.28. The number of nitrogens with one attached hydrogen (secondary N) is 2. The lowest BCUT2D eigenvalue weighted by Gasteiger charge is -2.64. The van der Waals surface area contributed by atoms with Crippen LogP contribution in [0.3, 0.4) is 0 Å². The molecule has 1 spiro atoms. The summed E-state index contributed by atoms with van der Waals surface area (Å²) in [6.45, 7) is 7.86. The first-order valence-electron chi connectivity index (χ1n) is 20.1. The lowest BCUT2D eigenvalue weighted by molar-refractivity contribution is -0.189. The third-order valence-corrected chi connectivity index (χ3v) is 13.8. The first-order chi connectivity index (χ1) is 25.2. The van der Waals surface area contributed by atoms with Crippen LogP contribution in [0.1, 0.15) is 82.6 Å². The van der Waals surface area contributed by atoms with Crippen LogP contribution in [0.15, 0.2) is 30.9 Å². The van der Waals surface area contributed by atoms with Gasteiger partial charge in [-0.25, -0.2) is 0 Å². The third kappa shape index (κ3) is 6.79. The number of Topliss-reactive ketones (excluding diaryl/α,β-unsaturated/α-hetero) is 1. The second-order valence-electron chi connectivity index (χ2n) is 16.6. The summed E-state index contributed by atoms with van der Waals surface area (Å²) in [6.07, 6.45) is 14.0. The Bertz CT molecular complexity index is 1510. The molecular formula is C41H61N7O4. The van der Waals surface area contributed by atoms with E-state index in [2.05, 4.69) is 58.1 Å². The zero-order chi connectivity index (χ0) is 36.5. The van der Waals surface area contributed by atoms with Gasteiger partial charge in [-0.3, -0.25) is 25.1 Å². The molecule has 1 aromatic rings. The van der Waals surface area contributed by atoms with Gasteiger partial charge in [-0.1, -0.05) is 50.8 Å². The van der Waals surface area contributed by atoms with Crippen molar-refractivity contribution in [3.8, 4) is 11.8 Å². The number of ether oxygens (including phenoxy) is 2. The number of nitriles is 1. The van der Waals surface area contributed by atoms with Gasteiger partial charge in [-0.2, -0.15) is 5.26 Å². The minimum atomic E-state index is -0.532. The van der Waals surface area contributed by atoms with Crippen LogP contribution < -0.4 is 20.3 Å². The molecule has 284 valence electrons. The topological polar surface area (TPSA) is 113 Å². The van der Waals surface area contributed by atoms with E-state index in [0.717, 1.165) is 62.9 Å².